The molecule has 1 aromatic carbocycles. The number of aromatic nitrogens is 1. The maximum atomic E-state index is 12.1. The monoisotopic (exact) mass is 340 g/mol. The third-order valence-electron chi connectivity index (χ3n) is 3.70. The van der Waals surface area contributed by atoms with Gasteiger partial charge in [0.05, 0.1) is 10.6 Å². The molecule has 4 amide bonds. The van der Waals surface area contributed by atoms with Crippen molar-refractivity contribution in [1.82, 2.24) is 14.8 Å². The first kappa shape index (κ1) is 16.1. The maximum Gasteiger partial charge on any atom is 0.331 e. The summed E-state index contributed by atoms with van der Waals surface area (Å²) in [6.07, 6.45) is 2.98. The van der Waals surface area contributed by atoms with E-state index >= 15 is 0 Å². The number of carbonyl (C=O) groups is 3. The highest BCUT2D eigenvalue weighted by Gasteiger charge is 2.33. The Morgan fingerprint density at radius 3 is 2.64 bits per heavy atom. The number of imide groups is 2. The smallest absolute Gasteiger partial charge is 0.317 e. The summed E-state index contributed by atoms with van der Waals surface area (Å²) >= 11 is 0. The van der Waals surface area contributed by atoms with Gasteiger partial charge in [0.15, 0.2) is 0 Å². The molecular formula is C16H12N4O5. The molecule has 9 heteroatoms. The van der Waals surface area contributed by atoms with Crippen LogP contribution in [-0.2, 0) is 9.59 Å². The quantitative estimate of drug-likeness (QED) is 0.393. The summed E-state index contributed by atoms with van der Waals surface area (Å²) < 4.78 is 1.59. The zero-order valence-corrected chi connectivity index (χ0v) is 13.0. The van der Waals surface area contributed by atoms with Gasteiger partial charge in [0, 0.05) is 31.1 Å². The van der Waals surface area contributed by atoms with Gasteiger partial charge in [-0.05, 0) is 24.3 Å². The van der Waals surface area contributed by atoms with E-state index < -0.39 is 22.8 Å². The van der Waals surface area contributed by atoms with E-state index in [0.717, 1.165) is 4.90 Å². The second kappa shape index (κ2) is 6.04. The molecule has 1 aliphatic heterocycles. The minimum Gasteiger partial charge on any atom is -0.317 e. The lowest BCUT2D eigenvalue weighted by Gasteiger charge is -2.22. The fourth-order valence-corrected chi connectivity index (χ4v) is 2.40. The van der Waals surface area contributed by atoms with Crippen LogP contribution < -0.4 is 5.32 Å². The minimum atomic E-state index is -0.792. The summed E-state index contributed by atoms with van der Waals surface area (Å²) in [5, 5.41) is 13.0. The number of likely N-dealkylation sites (N-methyl/N-ethyl adjacent to an activating group) is 1. The average Bonchev–Trinajstić information content (AvgIpc) is 3.05. The molecule has 1 aliphatic rings. The van der Waals surface area contributed by atoms with Crippen molar-refractivity contribution >= 4 is 29.6 Å². The van der Waals surface area contributed by atoms with Crippen molar-refractivity contribution in [1.29, 1.82) is 0 Å². The van der Waals surface area contributed by atoms with Crippen molar-refractivity contribution in [3.63, 3.8) is 0 Å². The van der Waals surface area contributed by atoms with E-state index in [2.05, 4.69) is 5.32 Å². The molecule has 1 fully saturated rings. The van der Waals surface area contributed by atoms with Crippen molar-refractivity contribution in [2.45, 2.75) is 0 Å². The van der Waals surface area contributed by atoms with Crippen molar-refractivity contribution in [2.24, 2.45) is 0 Å². The van der Waals surface area contributed by atoms with E-state index in [0.29, 0.717) is 11.4 Å². The lowest BCUT2D eigenvalue weighted by atomic mass is 10.1. The van der Waals surface area contributed by atoms with Crippen LogP contribution in [0.4, 0.5) is 10.5 Å². The lowest BCUT2D eigenvalue weighted by molar-refractivity contribution is -0.384. The lowest BCUT2D eigenvalue weighted by Crippen LogP contribution is -2.52. The highest BCUT2D eigenvalue weighted by molar-refractivity contribution is 6.30. The Balaban J connectivity index is 2.04. The van der Waals surface area contributed by atoms with Crippen LogP contribution in [-0.4, -0.2) is 39.3 Å². The first-order chi connectivity index (χ1) is 11.9. The summed E-state index contributed by atoms with van der Waals surface area (Å²) in [5.74, 6) is -1.51. The second-order valence-electron chi connectivity index (χ2n) is 5.26. The molecule has 126 valence electrons. The number of non-ortho nitro benzene ring substituents is 1. The van der Waals surface area contributed by atoms with E-state index in [1.807, 2.05) is 0 Å². The first-order valence-electron chi connectivity index (χ1n) is 7.16. The molecule has 0 unspecified atom stereocenters. The largest absolute Gasteiger partial charge is 0.331 e. The second-order valence-corrected chi connectivity index (χ2v) is 5.26. The Bertz CT molecular complexity index is 944. The molecule has 0 spiro atoms. The molecule has 9 nitrogen and oxygen atoms in total. The maximum absolute atomic E-state index is 12.1. The summed E-state index contributed by atoms with van der Waals surface area (Å²) in [7, 11) is 1.26. The topological polar surface area (TPSA) is 115 Å². The molecule has 1 saturated heterocycles. The Morgan fingerprint density at radius 2 is 1.92 bits per heavy atom. The van der Waals surface area contributed by atoms with Gasteiger partial charge >= 0.3 is 6.03 Å². The molecule has 1 aromatic heterocycles. The Hall–Kier alpha value is -3.75. The standard InChI is InChI=1S/C16H12N4O5/c1-18-15(22)13(14(21)17-16(18)23)9-11-6-3-7-19(11)10-4-2-5-12(8-10)20(24)25/h2-9H,1H3,(H,17,21,23). The van der Waals surface area contributed by atoms with Gasteiger partial charge in [0.25, 0.3) is 17.5 Å². The minimum absolute atomic E-state index is 0.0818. The van der Waals surface area contributed by atoms with E-state index in [9.17, 15) is 24.5 Å². The van der Waals surface area contributed by atoms with Crippen LogP contribution >= 0.6 is 0 Å². The molecule has 0 atom stereocenters. The van der Waals surface area contributed by atoms with E-state index in [-0.39, 0.29) is 11.3 Å². The van der Waals surface area contributed by atoms with Gasteiger partial charge in [-0.15, -0.1) is 0 Å². The number of nitro benzene ring substituents is 1. The number of urea groups is 1. The Kier molecular flexibility index (Phi) is 3.89. The number of benzene rings is 1. The van der Waals surface area contributed by atoms with Crippen LogP contribution in [0.15, 0.2) is 48.2 Å². The fourth-order valence-electron chi connectivity index (χ4n) is 2.40. The van der Waals surface area contributed by atoms with Gasteiger partial charge in [0.1, 0.15) is 5.57 Å². The van der Waals surface area contributed by atoms with Crippen LogP contribution in [0.2, 0.25) is 0 Å². The molecule has 1 N–H and O–H groups in total. The Labute approximate surface area is 141 Å². The van der Waals surface area contributed by atoms with E-state index in [1.54, 1.807) is 29.0 Å². The molecule has 0 saturated carbocycles. The SMILES string of the molecule is CN1C(=O)NC(=O)C(=Cc2cccn2-c2cccc([N+](=O)[O-])c2)C1=O. The Morgan fingerprint density at radius 1 is 1.16 bits per heavy atom. The normalized spacial score (nSPS) is 16.3. The van der Waals surface area contributed by atoms with Crippen LogP contribution in [0.1, 0.15) is 5.69 Å². The molecule has 2 heterocycles. The van der Waals surface area contributed by atoms with Gasteiger partial charge in [-0.2, -0.15) is 0 Å². The van der Waals surface area contributed by atoms with Crippen molar-refractivity contribution in [3.05, 3.63) is 64.0 Å². The zero-order chi connectivity index (χ0) is 18.1. The van der Waals surface area contributed by atoms with Crippen molar-refractivity contribution in [2.75, 3.05) is 7.05 Å². The van der Waals surface area contributed by atoms with E-state index in [1.165, 1.54) is 31.3 Å². The number of amides is 4. The predicted molar refractivity (Wildman–Crippen MR) is 86.7 cm³/mol. The van der Waals surface area contributed by atoms with Gasteiger partial charge < -0.3 is 4.57 Å². The summed E-state index contributed by atoms with van der Waals surface area (Å²) in [5.41, 5.74) is 0.676. The number of carbonyl (C=O) groups excluding carboxylic acids is 3. The number of nitro groups is 1. The number of hydrogen-bond donors (Lipinski definition) is 1. The fraction of sp³-hybridized carbons (Fsp3) is 0.0625. The van der Waals surface area contributed by atoms with Gasteiger partial charge in [-0.1, -0.05) is 6.07 Å². The summed E-state index contributed by atoms with van der Waals surface area (Å²) in [6, 6.07) is 8.46. The first-order valence-corrected chi connectivity index (χ1v) is 7.16. The number of nitrogens with zero attached hydrogens (tertiary/aromatic N) is 3. The van der Waals surface area contributed by atoms with Crippen LogP contribution in [0.25, 0.3) is 11.8 Å². The van der Waals surface area contributed by atoms with Gasteiger partial charge in [-0.3, -0.25) is 29.9 Å². The van der Waals surface area contributed by atoms with Gasteiger partial charge in [0.2, 0.25) is 0 Å². The molecule has 2 aromatic rings. The zero-order valence-electron chi connectivity index (χ0n) is 13.0. The van der Waals surface area contributed by atoms with Crippen molar-refractivity contribution in [3.8, 4) is 5.69 Å². The summed E-state index contributed by atoms with van der Waals surface area (Å²) in [4.78, 5) is 46.7. The molecular weight excluding hydrogens is 328 g/mol. The third kappa shape index (κ3) is 2.90. The van der Waals surface area contributed by atoms with E-state index in [4.69, 9.17) is 0 Å². The molecule has 0 radical (unpaired) electrons. The molecule has 0 bridgehead atoms. The number of hydrogen-bond acceptors (Lipinski definition) is 5. The average molecular weight is 340 g/mol. The predicted octanol–water partition coefficient (Wildman–Crippen LogP) is 1.48. The van der Waals surface area contributed by atoms with Crippen LogP contribution in [0, 0.1) is 10.1 Å². The summed E-state index contributed by atoms with van der Waals surface area (Å²) in [6.45, 7) is 0. The molecule has 3 rings (SSSR count). The third-order valence-corrected chi connectivity index (χ3v) is 3.70. The van der Waals surface area contributed by atoms with Crippen molar-refractivity contribution < 1.29 is 19.3 Å². The van der Waals surface area contributed by atoms with Crippen LogP contribution in [0.3, 0.4) is 0 Å². The number of barbiturate groups is 1. The molecule has 25 heavy (non-hydrogen) atoms. The number of rotatable bonds is 3. The molecule has 0 aliphatic carbocycles. The van der Waals surface area contributed by atoms with Crippen LogP contribution in [0.5, 0.6) is 0 Å². The highest BCUT2D eigenvalue weighted by atomic mass is 16.6. The number of nitrogens with one attached hydrogen (secondary N) is 1. The highest BCUT2D eigenvalue weighted by Crippen LogP contribution is 2.21. The van der Waals surface area contributed by atoms with Gasteiger partial charge in [-0.25, -0.2) is 4.79 Å².